The van der Waals surface area contributed by atoms with Crippen LogP contribution < -0.4 is 15.5 Å². The molecule has 1 atom stereocenters. The Bertz CT molecular complexity index is 873. The Morgan fingerprint density at radius 2 is 1.93 bits per heavy atom. The third kappa shape index (κ3) is 5.97. The van der Waals surface area contributed by atoms with Crippen molar-refractivity contribution < 1.29 is 18.7 Å². The van der Waals surface area contributed by atoms with E-state index in [1.54, 1.807) is 30.3 Å². The molecule has 0 saturated carbocycles. The molecular formula is C20H18FN3O3. The van der Waals surface area contributed by atoms with E-state index in [0.29, 0.717) is 11.3 Å². The van der Waals surface area contributed by atoms with Crippen LogP contribution in [0.15, 0.2) is 53.6 Å². The average molecular weight is 367 g/mol. The van der Waals surface area contributed by atoms with Crippen LogP contribution in [0, 0.1) is 24.1 Å². The fraction of sp³-hybridized carbons (Fsp3) is 0.150. The lowest BCUT2D eigenvalue weighted by molar-refractivity contribution is -0.131. The number of para-hydroxylation sites is 1. The fourth-order valence-electron chi connectivity index (χ4n) is 1.97. The predicted octanol–water partition coefficient (Wildman–Crippen LogP) is 2.56. The molecule has 0 spiro atoms. The number of nitrogens with zero attached hydrogens (tertiary/aromatic N) is 1. The standard InChI is InChI=1S/C20H18FN3O3/c1-3-12-27-16-10-8-15(9-11-16)13-22-24-20(26)14(2)19(25)23-18-7-5-4-6-17(18)21/h1,4-11,13-14H,12H2,2H3,(H,23,25)(H,24,26). The van der Waals surface area contributed by atoms with Crippen molar-refractivity contribution in [3.05, 3.63) is 59.9 Å². The Hall–Kier alpha value is -3.66. The van der Waals surface area contributed by atoms with Gasteiger partial charge < -0.3 is 10.1 Å². The molecule has 138 valence electrons. The summed E-state index contributed by atoms with van der Waals surface area (Å²) in [6.07, 6.45) is 6.53. The molecule has 0 bridgehead atoms. The topological polar surface area (TPSA) is 79.8 Å². The smallest absolute Gasteiger partial charge is 0.252 e. The van der Waals surface area contributed by atoms with Crippen LogP contribution in [-0.2, 0) is 9.59 Å². The van der Waals surface area contributed by atoms with E-state index in [9.17, 15) is 14.0 Å². The van der Waals surface area contributed by atoms with E-state index < -0.39 is 23.5 Å². The predicted molar refractivity (Wildman–Crippen MR) is 101 cm³/mol. The van der Waals surface area contributed by atoms with E-state index in [-0.39, 0.29) is 12.3 Å². The van der Waals surface area contributed by atoms with E-state index >= 15 is 0 Å². The van der Waals surface area contributed by atoms with Crippen molar-refractivity contribution in [1.29, 1.82) is 0 Å². The normalized spacial score (nSPS) is 11.4. The zero-order valence-corrected chi connectivity index (χ0v) is 14.6. The second kappa shape index (κ2) is 9.73. The van der Waals surface area contributed by atoms with E-state index in [1.807, 2.05) is 0 Å². The van der Waals surface area contributed by atoms with Crippen molar-refractivity contribution in [2.75, 3.05) is 11.9 Å². The highest BCUT2D eigenvalue weighted by atomic mass is 19.1. The number of hydrogen-bond donors (Lipinski definition) is 2. The van der Waals surface area contributed by atoms with Crippen molar-refractivity contribution in [3.8, 4) is 18.1 Å². The Morgan fingerprint density at radius 3 is 2.59 bits per heavy atom. The number of hydrazone groups is 1. The number of rotatable bonds is 7. The van der Waals surface area contributed by atoms with E-state index in [0.717, 1.165) is 0 Å². The molecule has 2 amide bonds. The molecule has 1 unspecified atom stereocenters. The molecule has 0 aromatic heterocycles. The zero-order valence-electron chi connectivity index (χ0n) is 14.6. The molecule has 0 aliphatic carbocycles. The molecule has 0 fully saturated rings. The van der Waals surface area contributed by atoms with Crippen molar-refractivity contribution in [2.24, 2.45) is 11.0 Å². The molecule has 0 aliphatic heterocycles. The van der Waals surface area contributed by atoms with Crippen molar-refractivity contribution in [2.45, 2.75) is 6.92 Å². The van der Waals surface area contributed by atoms with Gasteiger partial charge in [0.05, 0.1) is 11.9 Å². The van der Waals surface area contributed by atoms with Gasteiger partial charge in [-0.05, 0) is 48.9 Å². The van der Waals surface area contributed by atoms with Gasteiger partial charge in [0.1, 0.15) is 24.1 Å². The first-order valence-corrected chi connectivity index (χ1v) is 8.06. The third-order valence-corrected chi connectivity index (χ3v) is 3.51. The maximum atomic E-state index is 13.5. The quantitative estimate of drug-likeness (QED) is 0.342. The minimum Gasteiger partial charge on any atom is -0.481 e. The van der Waals surface area contributed by atoms with Crippen LogP contribution in [0.3, 0.4) is 0 Å². The van der Waals surface area contributed by atoms with Crippen LogP contribution in [0.1, 0.15) is 12.5 Å². The Morgan fingerprint density at radius 1 is 1.22 bits per heavy atom. The van der Waals surface area contributed by atoms with Crippen molar-refractivity contribution in [1.82, 2.24) is 5.43 Å². The second-order valence-corrected chi connectivity index (χ2v) is 5.49. The molecule has 2 aromatic carbocycles. The lowest BCUT2D eigenvalue weighted by Crippen LogP contribution is -2.34. The molecular weight excluding hydrogens is 349 g/mol. The monoisotopic (exact) mass is 367 g/mol. The van der Waals surface area contributed by atoms with Gasteiger partial charge in [-0.2, -0.15) is 5.10 Å². The van der Waals surface area contributed by atoms with Crippen LogP contribution in [0.2, 0.25) is 0 Å². The number of hydrogen-bond acceptors (Lipinski definition) is 4. The number of anilines is 1. The van der Waals surface area contributed by atoms with Gasteiger partial charge in [0.25, 0.3) is 5.91 Å². The maximum absolute atomic E-state index is 13.5. The van der Waals surface area contributed by atoms with Gasteiger partial charge in [-0.3, -0.25) is 9.59 Å². The molecule has 0 radical (unpaired) electrons. The van der Waals surface area contributed by atoms with Crippen LogP contribution in [0.25, 0.3) is 0 Å². The summed E-state index contributed by atoms with van der Waals surface area (Å²) in [5.74, 6) is 0.0992. The Kier molecular flexibility index (Phi) is 7.08. The van der Waals surface area contributed by atoms with Gasteiger partial charge in [0.15, 0.2) is 0 Å². The van der Waals surface area contributed by atoms with Crippen LogP contribution in [-0.4, -0.2) is 24.6 Å². The molecule has 6 nitrogen and oxygen atoms in total. The first kappa shape index (κ1) is 19.7. The highest BCUT2D eigenvalue weighted by Crippen LogP contribution is 2.14. The largest absolute Gasteiger partial charge is 0.481 e. The summed E-state index contributed by atoms with van der Waals surface area (Å²) in [4.78, 5) is 24.0. The van der Waals surface area contributed by atoms with Gasteiger partial charge in [0, 0.05) is 0 Å². The summed E-state index contributed by atoms with van der Waals surface area (Å²) >= 11 is 0. The molecule has 2 aromatic rings. The van der Waals surface area contributed by atoms with Gasteiger partial charge in [-0.15, -0.1) is 6.42 Å². The van der Waals surface area contributed by atoms with Gasteiger partial charge >= 0.3 is 0 Å². The minimum atomic E-state index is -1.05. The number of carbonyl (C=O) groups excluding carboxylic acids is 2. The summed E-state index contributed by atoms with van der Waals surface area (Å²) < 4.78 is 18.8. The maximum Gasteiger partial charge on any atom is 0.252 e. The summed E-state index contributed by atoms with van der Waals surface area (Å²) in [6, 6.07) is 12.6. The van der Waals surface area contributed by atoms with Gasteiger partial charge in [-0.25, -0.2) is 9.82 Å². The lowest BCUT2D eigenvalue weighted by atomic mass is 10.1. The fourth-order valence-corrected chi connectivity index (χ4v) is 1.97. The number of carbonyl (C=O) groups is 2. The first-order valence-electron chi connectivity index (χ1n) is 8.06. The second-order valence-electron chi connectivity index (χ2n) is 5.49. The highest BCUT2D eigenvalue weighted by molar-refractivity contribution is 6.06. The number of nitrogens with one attached hydrogen (secondary N) is 2. The van der Waals surface area contributed by atoms with E-state index in [1.165, 1.54) is 31.3 Å². The van der Waals surface area contributed by atoms with E-state index in [2.05, 4.69) is 21.8 Å². The van der Waals surface area contributed by atoms with Crippen LogP contribution in [0.5, 0.6) is 5.75 Å². The number of halogens is 1. The number of ether oxygens (including phenoxy) is 1. The van der Waals surface area contributed by atoms with Crippen molar-refractivity contribution >= 4 is 23.7 Å². The SMILES string of the molecule is C#CCOc1ccc(C=NNC(=O)C(C)C(=O)Nc2ccccc2F)cc1. The number of amides is 2. The molecule has 2 N–H and O–H groups in total. The lowest BCUT2D eigenvalue weighted by Gasteiger charge is -2.11. The third-order valence-electron chi connectivity index (χ3n) is 3.51. The molecule has 0 saturated heterocycles. The summed E-state index contributed by atoms with van der Waals surface area (Å²) in [7, 11) is 0. The van der Waals surface area contributed by atoms with Crippen LogP contribution in [0.4, 0.5) is 10.1 Å². The molecule has 0 heterocycles. The minimum absolute atomic E-state index is 0.0118. The highest BCUT2D eigenvalue weighted by Gasteiger charge is 2.21. The van der Waals surface area contributed by atoms with Crippen LogP contribution >= 0.6 is 0 Å². The zero-order chi connectivity index (χ0) is 19.6. The van der Waals surface area contributed by atoms with E-state index in [4.69, 9.17) is 11.2 Å². The summed E-state index contributed by atoms with van der Waals surface area (Å²) in [6.45, 7) is 1.58. The summed E-state index contributed by atoms with van der Waals surface area (Å²) in [5, 5.41) is 6.18. The Balaban J connectivity index is 1.86. The average Bonchev–Trinajstić information content (AvgIpc) is 2.68. The molecule has 27 heavy (non-hydrogen) atoms. The number of benzene rings is 2. The number of terminal acetylenes is 1. The Labute approximate surface area is 156 Å². The van der Waals surface area contributed by atoms with Crippen molar-refractivity contribution in [3.63, 3.8) is 0 Å². The van der Waals surface area contributed by atoms with Gasteiger partial charge in [0.2, 0.25) is 5.91 Å². The molecule has 0 aliphatic rings. The first-order chi connectivity index (χ1) is 13.0. The summed E-state index contributed by atoms with van der Waals surface area (Å²) in [5.41, 5.74) is 3.01. The molecule has 7 heteroatoms. The molecule has 2 rings (SSSR count). The van der Waals surface area contributed by atoms with Gasteiger partial charge in [-0.1, -0.05) is 18.1 Å².